The number of aromatic nitrogens is 1. The van der Waals surface area contributed by atoms with Crippen molar-refractivity contribution in [1.82, 2.24) is 4.98 Å². The maximum absolute atomic E-state index is 11.8. The van der Waals surface area contributed by atoms with Gasteiger partial charge in [-0.05, 0) is 18.6 Å². The van der Waals surface area contributed by atoms with Crippen molar-refractivity contribution in [3.05, 3.63) is 40.2 Å². The average molecular weight is 213 g/mol. The van der Waals surface area contributed by atoms with Crippen LogP contribution >= 0.6 is 0 Å². The Hall–Kier alpha value is -2.10. The quantitative estimate of drug-likeness (QED) is 0.702. The Bertz CT molecular complexity index is 655. The van der Waals surface area contributed by atoms with Gasteiger partial charge in [0, 0.05) is 23.0 Å². The van der Waals surface area contributed by atoms with Crippen molar-refractivity contribution < 1.29 is 0 Å². The molecule has 1 aliphatic heterocycles. The Morgan fingerprint density at radius 3 is 3.00 bits per heavy atom. The molecule has 4 nitrogen and oxygen atoms in total. The second-order valence-corrected chi connectivity index (χ2v) is 3.99. The minimum absolute atomic E-state index is 0.107. The third-order valence-corrected chi connectivity index (χ3v) is 2.82. The third-order valence-electron chi connectivity index (χ3n) is 2.82. The lowest BCUT2D eigenvalue weighted by atomic mass is 10.0. The number of nitrogens with zero attached hydrogens (tertiary/aromatic N) is 1. The van der Waals surface area contributed by atoms with E-state index < -0.39 is 0 Å². The van der Waals surface area contributed by atoms with Gasteiger partial charge in [0.1, 0.15) is 5.69 Å². The number of anilines is 1. The molecule has 4 heteroatoms. The number of hydrogen-bond donors (Lipinski definition) is 2. The molecule has 2 N–H and O–H groups in total. The molecule has 1 aromatic heterocycles. The van der Waals surface area contributed by atoms with Crippen LogP contribution in [0.15, 0.2) is 34.2 Å². The Morgan fingerprint density at radius 1 is 1.31 bits per heavy atom. The van der Waals surface area contributed by atoms with Crippen LogP contribution in [0.3, 0.4) is 0 Å². The van der Waals surface area contributed by atoms with Gasteiger partial charge in [-0.3, -0.25) is 10.2 Å². The molecule has 3 rings (SSSR count). The molecule has 0 amide bonds. The number of hydrogen-bond acceptors (Lipinski definition) is 3. The molecule has 0 saturated carbocycles. The summed E-state index contributed by atoms with van der Waals surface area (Å²) in [6.07, 6.45) is 0.729. The Balaban J connectivity index is 2.41. The first-order valence-corrected chi connectivity index (χ1v) is 5.19. The highest BCUT2D eigenvalue weighted by molar-refractivity contribution is 5.96. The molecule has 80 valence electrons. The summed E-state index contributed by atoms with van der Waals surface area (Å²) in [5, 5.41) is 5.17. The van der Waals surface area contributed by atoms with Gasteiger partial charge in [0.2, 0.25) is 0 Å². The Kier molecular flexibility index (Phi) is 1.83. The van der Waals surface area contributed by atoms with Crippen molar-refractivity contribution in [2.45, 2.75) is 13.3 Å². The highest BCUT2D eigenvalue weighted by Gasteiger charge is 2.16. The van der Waals surface area contributed by atoms with Gasteiger partial charge in [-0.1, -0.05) is 18.2 Å². The first kappa shape index (κ1) is 9.15. The fourth-order valence-electron chi connectivity index (χ4n) is 2.06. The Morgan fingerprint density at radius 2 is 2.12 bits per heavy atom. The van der Waals surface area contributed by atoms with Crippen LogP contribution in [0.2, 0.25) is 0 Å². The highest BCUT2D eigenvalue weighted by atomic mass is 16.1. The van der Waals surface area contributed by atoms with E-state index in [1.54, 1.807) is 0 Å². The van der Waals surface area contributed by atoms with Gasteiger partial charge in [-0.2, -0.15) is 5.10 Å². The van der Waals surface area contributed by atoms with Crippen LogP contribution in [-0.4, -0.2) is 10.7 Å². The number of fused-ring (bicyclic) bond motifs is 3. The van der Waals surface area contributed by atoms with Crippen LogP contribution in [-0.2, 0) is 6.42 Å². The molecule has 0 bridgehead atoms. The molecule has 2 heterocycles. The van der Waals surface area contributed by atoms with Crippen molar-refractivity contribution in [2.75, 3.05) is 5.43 Å². The molecule has 0 aliphatic carbocycles. The van der Waals surface area contributed by atoms with Crippen LogP contribution in [0.5, 0.6) is 0 Å². The van der Waals surface area contributed by atoms with E-state index in [0.29, 0.717) is 5.69 Å². The van der Waals surface area contributed by atoms with E-state index in [1.807, 2.05) is 31.2 Å². The van der Waals surface area contributed by atoms with Gasteiger partial charge in [0.25, 0.3) is 5.56 Å². The van der Waals surface area contributed by atoms with Crippen LogP contribution in [0.4, 0.5) is 5.69 Å². The van der Waals surface area contributed by atoms with Gasteiger partial charge in [-0.25, -0.2) is 0 Å². The molecule has 0 fully saturated rings. The average Bonchev–Trinajstić information content (AvgIpc) is 2.29. The molecule has 0 unspecified atom stereocenters. The van der Waals surface area contributed by atoms with Crippen LogP contribution in [0, 0.1) is 0 Å². The molecular weight excluding hydrogens is 202 g/mol. The highest BCUT2D eigenvalue weighted by Crippen LogP contribution is 2.24. The molecule has 0 spiro atoms. The molecule has 1 aliphatic rings. The lowest BCUT2D eigenvalue weighted by molar-refractivity contribution is 1.14. The van der Waals surface area contributed by atoms with E-state index in [1.165, 1.54) is 0 Å². The summed E-state index contributed by atoms with van der Waals surface area (Å²) in [6.45, 7) is 1.95. The summed E-state index contributed by atoms with van der Waals surface area (Å²) < 4.78 is 0. The second kappa shape index (κ2) is 3.20. The van der Waals surface area contributed by atoms with E-state index >= 15 is 0 Å². The summed E-state index contributed by atoms with van der Waals surface area (Å²) in [5.41, 5.74) is 6.18. The van der Waals surface area contributed by atoms with Crippen LogP contribution in [0.25, 0.3) is 10.9 Å². The first-order chi connectivity index (χ1) is 7.75. The summed E-state index contributed by atoms with van der Waals surface area (Å²) in [4.78, 5) is 14.6. The molecule has 0 saturated heterocycles. The number of hydrazone groups is 1. The zero-order valence-electron chi connectivity index (χ0n) is 8.87. The third kappa shape index (κ3) is 1.23. The van der Waals surface area contributed by atoms with Crippen molar-refractivity contribution in [3.8, 4) is 0 Å². The van der Waals surface area contributed by atoms with E-state index in [9.17, 15) is 4.79 Å². The molecule has 1 aromatic carbocycles. The molecular formula is C12H11N3O. The summed E-state index contributed by atoms with van der Waals surface area (Å²) in [6, 6.07) is 7.83. The number of benzene rings is 1. The molecule has 0 atom stereocenters. The summed E-state index contributed by atoms with van der Waals surface area (Å²) >= 11 is 0. The van der Waals surface area contributed by atoms with Gasteiger partial charge in [-0.15, -0.1) is 0 Å². The smallest absolute Gasteiger partial charge is 0.273 e. The van der Waals surface area contributed by atoms with Gasteiger partial charge in [0.05, 0.1) is 0 Å². The summed E-state index contributed by atoms with van der Waals surface area (Å²) in [7, 11) is 0. The monoisotopic (exact) mass is 213 g/mol. The normalized spacial score (nSPS) is 14.2. The molecule has 16 heavy (non-hydrogen) atoms. The number of nitrogens with one attached hydrogen (secondary N) is 2. The fourth-order valence-corrected chi connectivity index (χ4v) is 2.06. The number of H-pyrrole nitrogens is 1. The van der Waals surface area contributed by atoms with Crippen molar-refractivity contribution >= 4 is 22.3 Å². The standard InChI is InChI=1S/C12H11N3O/c1-7-6-9-8-4-2-3-5-10(8)13-12(16)11(9)15-14-7/h2-5,15H,6H2,1H3,(H,13,16). The first-order valence-electron chi connectivity index (χ1n) is 5.19. The predicted molar refractivity (Wildman–Crippen MR) is 65.0 cm³/mol. The van der Waals surface area contributed by atoms with E-state index in [2.05, 4.69) is 15.5 Å². The number of rotatable bonds is 0. The number of pyridine rings is 1. The van der Waals surface area contributed by atoms with Gasteiger partial charge in [0.15, 0.2) is 0 Å². The predicted octanol–water partition coefficient (Wildman–Crippen LogP) is 1.87. The maximum atomic E-state index is 11.8. The van der Waals surface area contributed by atoms with E-state index in [-0.39, 0.29) is 5.56 Å². The zero-order chi connectivity index (χ0) is 11.1. The van der Waals surface area contributed by atoms with E-state index in [4.69, 9.17) is 0 Å². The van der Waals surface area contributed by atoms with E-state index in [0.717, 1.165) is 28.6 Å². The van der Waals surface area contributed by atoms with Gasteiger partial charge < -0.3 is 4.98 Å². The topological polar surface area (TPSA) is 57.2 Å². The SMILES string of the molecule is CC1=NNc2c(c3ccccc3[nH]c2=O)C1. The van der Waals surface area contributed by atoms with Crippen molar-refractivity contribution in [2.24, 2.45) is 5.10 Å². The van der Waals surface area contributed by atoms with Crippen LogP contribution < -0.4 is 11.0 Å². The minimum Gasteiger partial charge on any atom is -0.320 e. The van der Waals surface area contributed by atoms with Crippen molar-refractivity contribution in [3.63, 3.8) is 0 Å². The zero-order valence-corrected chi connectivity index (χ0v) is 8.87. The molecule has 2 aromatic rings. The number of para-hydroxylation sites is 1. The lowest BCUT2D eigenvalue weighted by Gasteiger charge is -2.16. The molecule has 0 radical (unpaired) electrons. The van der Waals surface area contributed by atoms with Crippen molar-refractivity contribution in [1.29, 1.82) is 0 Å². The Labute approximate surface area is 92.0 Å². The second-order valence-electron chi connectivity index (χ2n) is 3.99. The minimum atomic E-state index is -0.107. The fraction of sp³-hybridized carbons (Fsp3) is 0.167. The number of aromatic amines is 1. The largest absolute Gasteiger partial charge is 0.320 e. The summed E-state index contributed by atoms with van der Waals surface area (Å²) in [5.74, 6) is 0. The van der Waals surface area contributed by atoms with Crippen LogP contribution in [0.1, 0.15) is 12.5 Å². The lowest BCUT2D eigenvalue weighted by Crippen LogP contribution is -2.20. The van der Waals surface area contributed by atoms with Gasteiger partial charge >= 0.3 is 0 Å². The maximum Gasteiger partial charge on any atom is 0.273 e.